The average molecular weight is 328 g/mol. The molecule has 0 spiro atoms. The Hall–Kier alpha value is -2.03. The molecule has 1 aromatic rings. The maximum atomic E-state index is 12.2. The lowest BCUT2D eigenvalue weighted by Gasteiger charge is -2.31. The van der Waals surface area contributed by atoms with E-state index in [9.17, 15) is 9.90 Å². The van der Waals surface area contributed by atoms with Crippen LogP contribution in [0.5, 0.6) is 5.75 Å². The highest BCUT2D eigenvalue weighted by Crippen LogP contribution is 2.44. The van der Waals surface area contributed by atoms with Gasteiger partial charge in [-0.3, -0.25) is 0 Å². The first-order chi connectivity index (χ1) is 11.4. The van der Waals surface area contributed by atoms with Crippen LogP contribution in [-0.2, 0) is 11.2 Å². The molecular formula is C21H28O3. The van der Waals surface area contributed by atoms with E-state index in [0.717, 1.165) is 42.4 Å². The van der Waals surface area contributed by atoms with Crippen molar-refractivity contribution < 1.29 is 14.6 Å². The fourth-order valence-corrected chi connectivity index (χ4v) is 3.65. The van der Waals surface area contributed by atoms with E-state index in [0.29, 0.717) is 5.56 Å². The second-order valence-corrected chi connectivity index (χ2v) is 6.81. The standard InChI is InChI=1S/C21H28O3/c1-6-7-15-9-11-17(20(22)19(15)21(23)24-5)18-12-14(4)8-10-16(18)13(2)3/h9,11-12,16,18,22H,2,6-8,10H2,1,3-5H3/t16?,18-/m1/s1. The summed E-state index contributed by atoms with van der Waals surface area (Å²) in [6, 6.07) is 3.92. The van der Waals surface area contributed by atoms with Gasteiger partial charge in [-0.1, -0.05) is 49.3 Å². The smallest absolute Gasteiger partial charge is 0.341 e. The minimum Gasteiger partial charge on any atom is -0.507 e. The molecule has 0 saturated heterocycles. The van der Waals surface area contributed by atoms with Gasteiger partial charge in [-0.05, 0) is 44.6 Å². The molecule has 130 valence electrons. The molecule has 3 nitrogen and oxygen atoms in total. The molecule has 1 N–H and O–H groups in total. The van der Waals surface area contributed by atoms with Crippen LogP contribution in [0.4, 0.5) is 0 Å². The van der Waals surface area contributed by atoms with E-state index in [-0.39, 0.29) is 17.6 Å². The number of methoxy groups -OCH3 is 1. The summed E-state index contributed by atoms with van der Waals surface area (Å²) < 4.78 is 4.91. The fraction of sp³-hybridized carbons (Fsp3) is 0.476. The van der Waals surface area contributed by atoms with Gasteiger partial charge in [-0.2, -0.15) is 0 Å². The molecule has 2 atom stereocenters. The molecule has 0 aliphatic heterocycles. The van der Waals surface area contributed by atoms with Gasteiger partial charge in [0.15, 0.2) is 0 Å². The van der Waals surface area contributed by atoms with Crippen LogP contribution >= 0.6 is 0 Å². The van der Waals surface area contributed by atoms with E-state index < -0.39 is 5.97 Å². The summed E-state index contributed by atoms with van der Waals surface area (Å²) in [5.74, 6) is -0.0753. The van der Waals surface area contributed by atoms with Gasteiger partial charge in [-0.25, -0.2) is 4.79 Å². The van der Waals surface area contributed by atoms with Crippen molar-refractivity contribution in [2.75, 3.05) is 7.11 Å². The second-order valence-electron chi connectivity index (χ2n) is 6.81. The van der Waals surface area contributed by atoms with E-state index in [1.54, 1.807) is 0 Å². The van der Waals surface area contributed by atoms with Crippen molar-refractivity contribution in [1.82, 2.24) is 0 Å². The topological polar surface area (TPSA) is 46.5 Å². The molecule has 0 fully saturated rings. The average Bonchev–Trinajstić information content (AvgIpc) is 2.54. The Morgan fingerprint density at radius 2 is 2.12 bits per heavy atom. The van der Waals surface area contributed by atoms with E-state index in [1.165, 1.54) is 12.7 Å². The predicted molar refractivity (Wildman–Crippen MR) is 97.5 cm³/mol. The van der Waals surface area contributed by atoms with E-state index in [4.69, 9.17) is 4.74 Å². The molecular weight excluding hydrogens is 300 g/mol. The van der Waals surface area contributed by atoms with Gasteiger partial charge in [0.1, 0.15) is 11.3 Å². The van der Waals surface area contributed by atoms with Gasteiger partial charge in [0.2, 0.25) is 0 Å². The van der Waals surface area contributed by atoms with Crippen molar-refractivity contribution in [3.05, 3.63) is 52.6 Å². The summed E-state index contributed by atoms with van der Waals surface area (Å²) in [6.45, 7) is 10.3. The van der Waals surface area contributed by atoms with Crippen LogP contribution in [0.25, 0.3) is 0 Å². The number of carbonyl (C=O) groups is 1. The highest BCUT2D eigenvalue weighted by Gasteiger charge is 2.30. The minimum absolute atomic E-state index is 0.0512. The van der Waals surface area contributed by atoms with E-state index >= 15 is 0 Å². The highest BCUT2D eigenvalue weighted by atomic mass is 16.5. The number of ether oxygens (including phenoxy) is 1. The lowest BCUT2D eigenvalue weighted by molar-refractivity contribution is 0.0596. The second kappa shape index (κ2) is 7.69. The summed E-state index contributed by atoms with van der Waals surface area (Å²) in [4.78, 5) is 12.2. The lowest BCUT2D eigenvalue weighted by atomic mass is 9.73. The van der Waals surface area contributed by atoms with E-state index in [2.05, 4.69) is 26.5 Å². The number of phenolic OH excluding ortho intramolecular Hbond substituents is 1. The molecule has 0 amide bonds. The number of esters is 1. The Morgan fingerprint density at radius 1 is 1.42 bits per heavy atom. The normalized spacial score (nSPS) is 20.4. The van der Waals surface area contributed by atoms with Crippen molar-refractivity contribution in [1.29, 1.82) is 0 Å². The van der Waals surface area contributed by atoms with Crippen LogP contribution in [0.15, 0.2) is 35.9 Å². The number of aryl methyl sites for hydroxylation is 1. The molecule has 1 aromatic carbocycles. The number of rotatable bonds is 5. The molecule has 0 bridgehead atoms. The van der Waals surface area contributed by atoms with Crippen LogP contribution in [0.2, 0.25) is 0 Å². The third kappa shape index (κ3) is 3.55. The molecule has 0 aromatic heterocycles. The zero-order valence-corrected chi connectivity index (χ0v) is 15.2. The number of benzene rings is 1. The SMILES string of the molecule is C=C(C)C1CCC(C)=C[C@H]1c1ccc(CCC)c(C(=O)OC)c1O. The number of phenols is 1. The number of allylic oxidation sites excluding steroid dienone is 3. The Labute approximate surface area is 145 Å². The number of hydrogen-bond donors (Lipinski definition) is 1. The Balaban J connectivity index is 2.59. The molecule has 1 unspecified atom stereocenters. The van der Waals surface area contributed by atoms with Crippen molar-refractivity contribution in [2.24, 2.45) is 5.92 Å². The summed E-state index contributed by atoms with van der Waals surface area (Å²) in [5, 5.41) is 10.9. The first kappa shape index (κ1) is 18.3. The minimum atomic E-state index is -0.471. The maximum absolute atomic E-state index is 12.2. The maximum Gasteiger partial charge on any atom is 0.341 e. The van der Waals surface area contributed by atoms with Crippen molar-refractivity contribution >= 4 is 5.97 Å². The van der Waals surface area contributed by atoms with Gasteiger partial charge in [-0.15, -0.1) is 0 Å². The monoisotopic (exact) mass is 328 g/mol. The first-order valence-corrected chi connectivity index (χ1v) is 8.66. The van der Waals surface area contributed by atoms with Crippen LogP contribution in [0.3, 0.4) is 0 Å². The summed E-state index contributed by atoms with van der Waals surface area (Å²) in [6.07, 6.45) is 5.92. The molecule has 1 aliphatic rings. The highest BCUT2D eigenvalue weighted by molar-refractivity contribution is 5.94. The van der Waals surface area contributed by atoms with Gasteiger partial charge in [0, 0.05) is 11.5 Å². The van der Waals surface area contributed by atoms with Gasteiger partial charge >= 0.3 is 5.97 Å². The Bertz CT molecular complexity index is 670. The summed E-state index contributed by atoms with van der Waals surface area (Å²) >= 11 is 0. The summed E-state index contributed by atoms with van der Waals surface area (Å²) in [7, 11) is 1.35. The van der Waals surface area contributed by atoms with Gasteiger partial charge in [0.05, 0.1) is 7.11 Å². The van der Waals surface area contributed by atoms with Crippen molar-refractivity contribution in [2.45, 2.75) is 52.4 Å². The lowest BCUT2D eigenvalue weighted by Crippen LogP contribution is -2.18. The van der Waals surface area contributed by atoms with Crippen molar-refractivity contribution in [3.63, 3.8) is 0 Å². The first-order valence-electron chi connectivity index (χ1n) is 8.66. The largest absolute Gasteiger partial charge is 0.507 e. The fourth-order valence-electron chi connectivity index (χ4n) is 3.65. The number of aromatic hydroxyl groups is 1. The van der Waals surface area contributed by atoms with Crippen LogP contribution < -0.4 is 0 Å². The molecule has 0 saturated carbocycles. The number of carbonyl (C=O) groups excluding carboxylic acids is 1. The molecule has 0 heterocycles. The molecule has 1 aliphatic carbocycles. The van der Waals surface area contributed by atoms with Gasteiger partial charge in [0.25, 0.3) is 0 Å². The third-order valence-electron chi connectivity index (χ3n) is 4.94. The molecule has 2 rings (SSSR count). The molecule has 0 radical (unpaired) electrons. The Morgan fingerprint density at radius 3 is 2.71 bits per heavy atom. The predicted octanol–water partition coefficient (Wildman–Crippen LogP) is 5.15. The van der Waals surface area contributed by atoms with Crippen LogP contribution in [0, 0.1) is 5.92 Å². The van der Waals surface area contributed by atoms with Crippen molar-refractivity contribution in [3.8, 4) is 5.75 Å². The van der Waals surface area contributed by atoms with Gasteiger partial charge < -0.3 is 9.84 Å². The van der Waals surface area contributed by atoms with Crippen LogP contribution in [0.1, 0.15) is 67.4 Å². The van der Waals surface area contributed by atoms with Crippen LogP contribution in [-0.4, -0.2) is 18.2 Å². The third-order valence-corrected chi connectivity index (χ3v) is 4.94. The number of hydrogen-bond acceptors (Lipinski definition) is 3. The van der Waals surface area contributed by atoms with E-state index in [1.807, 2.05) is 19.1 Å². The molecule has 24 heavy (non-hydrogen) atoms. The summed E-state index contributed by atoms with van der Waals surface area (Å²) in [5.41, 5.74) is 4.37. The zero-order valence-electron chi connectivity index (χ0n) is 15.2. The quantitative estimate of drug-likeness (QED) is 0.601. The Kier molecular flexibility index (Phi) is 5.87. The molecule has 3 heteroatoms. The zero-order chi connectivity index (χ0) is 17.9.